The molecule has 2 atom stereocenters. The molecular weight excluding hydrogens is 292 g/mol. The topological polar surface area (TPSA) is 68.2 Å². The Morgan fingerprint density at radius 3 is 3.13 bits per heavy atom. The van der Waals surface area contributed by atoms with E-state index in [-0.39, 0.29) is 11.9 Å². The van der Waals surface area contributed by atoms with Crippen molar-refractivity contribution in [3.05, 3.63) is 47.8 Å². The van der Waals surface area contributed by atoms with Crippen molar-refractivity contribution in [1.29, 1.82) is 0 Å². The summed E-state index contributed by atoms with van der Waals surface area (Å²) >= 11 is 0. The summed E-state index contributed by atoms with van der Waals surface area (Å²) in [5, 5.41) is 10.8. The fourth-order valence-electron chi connectivity index (χ4n) is 3.24. The van der Waals surface area contributed by atoms with Crippen LogP contribution in [0.2, 0.25) is 0 Å². The second-order valence-electron chi connectivity index (χ2n) is 6.06. The molecule has 1 amide bonds. The maximum absolute atomic E-state index is 12.4. The number of nitrogens with zero attached hydrogens (tertiary/aromatic N) is 2. The van der Waals surface area contributed by atoms with Crippen LogP contribution in [0.5, 0.6) is 5.75 Å². The number of carbonyl (C=O) groups excluding carboxylic acids is 1. The number of hydrogen-bond donors (Lipinski definition) is 2. The molecule has 2 aliphatic heterocycles. The fourth-order valence-corrected chi connectivity index (χ4v) is 3.24. The summed E-state index contributed by atoms with van der Waals surface area (Å²) in [7, 11) is 0. The van der Waals surface area contributed by atoms with Crippen LogP contribution in [0.1, 0.15) is 41.0 Å². The van der Waals surface area contributed by atoms with E-state index in [1.54, 1.807) is 6.07 Å². The molecule has 3 heterocycles. The lowest BCUT2D eigenvalue weighted by molar-refractivity contribution is 0.0924. The van der Waals surface area contributed by atoms with Gasteiger partial charge in [-0.05, 0) is 31.5 Å². The van der Waals surface area contributed by atoms with Gasteiger partial charge in [0, 0.05) is 18.3 Å². The smallest absolute Gasteiger partial charge is 0.272 e. The largest absolute Gasteiger partial charge is 0.491 e. The Bertz CT molecular complexity index is 706. The van der Waals surface area contributed by atoms with Crippen LogP contribution in [0.3, 0.4) is 0 Å². The first kappa shape index (κ1) is 14.3. The highest BCUT2D eigenvalue weighted by atomic mass is 16.5. The van der Waals surface area contributed by atoms with E-state index in [0.29, 0.717) is 18.3 Å². The van der Waals surface area contributed by atoms with Crippen molar-refractivity contribution in [2.75, 3.05) is 19.7 Å². The zero-order valence-corrected chi connectivity index (χ0v) is 12.9. The molecule has 0 spiro atoms. The first-order chi connectivity index (χ1) is 11.3. The van der Waals surface area contributed by atoms with Crippen LogP contribution in [0, 0.1) is 0 Å². The lowest BCUT2D eigenvalue weighted by Crippen LogP contribution is -2.32. The van der Waals surface area contributed by atoms with Crippen LogP contribution in [0.25, 0.3) is 0 Å². The van der Waals surface area contributed by atoms with E-state index >= 15 is 0 Å². The van der Waals surface area contributed by atoms with Gasteiger partial charge in [-0.25, -0.2) is 0 Å². The first-order valence-electron chi connectivity index (χ1n) is 8.10. The van der Waals surface area contributed by atoms with Crippen molar-refractivity contribution < 1.29 is 9.53 Å². The van der Waals surface area contributed by atoms with Crippen molar-refractivity contribution in [3.8, 4) is 5.75 Å². The summed E-state index contributed by atoms with van der Waals surface area (Å²) in [6, 6.07) is 9.80. The normalized spacial score (nSPS) is 23.1. The summed E-state index contributed by atoms with van der Waals surface area (Å²) in [5.74, 6) is 0.689. The first-order valence-corrected chi connectivity index (χ1v) is 8.10. The van der Waals surface area contributed by atoms with E-state index in [9.17, 15) is 4.79 Å². The Kier molecular flexibility index (Phi) is 3.75. The van der Waals surface area contributed by atoms with Crippen molar-refractivity contribution in [2.24, 2.45) is 0 Å². The van der Waals surface area contributed by atoms with Gasteiger partial charge in [-0.1, -0.05) is 18.2 Å². The second kappa shape index (κ2) is 6.04. The Labute approximate surface area is 134 Å². The van der Waals surface area contributed by atoms with Crippen molar-refractivity contribution in [1.82, 2.24) is 20.4 Å². The number of rotatable bonds is 3. The average Bonchev–Trinajstić information content (AvgIpc) is 3.24. The number of piperidine rings is 1. The summed E-state index contributed by atoms with van der Waals surface area (Å²) in [6.45, 7) is 2.44. The maximum atomic E-state index is 12.4. The number of para-hydroxylation sites is 1. The van der Waals surface area contributed by atoms with Crippen LogP contribution in [0.15, 0.2) is 36.5 Å². The maximum Gasteiger partial charge on any atom is 0.272 e. The minimum Gasteiger partial charge on any atom is -0.491 e. The highest BCUT2D eigenvalue weighted by Crippen LogP contribution is 2.31. The Morgan fingerprint density at radius 2 is 2.26 bits per heavy atom. The molecule has 0 unspecified atom stereocenters. The van der Waals surface area contributed by atoms with Gasteiger partial charge < -0.3 is 15.4 Å². The molecule has 1 aromatic heterocycles. The minimum atomic E-state index is -0.155. The van der Waals surface area contributed by atoms with Crippen LogP contribution in [-0.2, 0) is 0 Å². The lowest BCUT2D eigenvalue weighted by atomic mass is 10.1. The van der Waals surface area contributed by atoms with Gasteiger partial charge >= 0.3 is 0 Å². The van der Waals surface area contributed by atoms with Gasteiger partial charge in [-0.2, -0.15) is 5.10 Å². The molecule has 6 heteroatoms. The number of fused-ring (bicyclic) bond motifs is 1. The monoisotopic (exact) mass is 312 g/mol. The molecule has 6 nitrogen and oxygen atoms in total. The molecule has 0 radical (unpaired) electrons. The zero-order valence-electron chi connectivity index (χ0n) is 12.9. The van der Waals surface area contributed by atoms with Crippen molar-refractivity contribution in [3.63, 3.8) is 0 Å². The number of carbonyl (C=O) groups is 1. The van der Waals surface area contributed by atoms with E-state index in [4.69, 9.17) is 4.74 Å². The number of amides is 1. The Balaban J connectivity index is 1.45. The predicted octanol–water partition coefficient (Wildman–Crippen LogP) is 1.67. The molecule has 4 rings (SSSR count). The van der Waals surface area contributed by atoms with E-state index in [0.717, 1.165) is 37.2 Å². The van der Waals surface area contributed by atoms with Gasteiger partial charge in [-0.15, -0.1) is 0 Å². The number of hydrogen-bond acceptors (Lipinski definition) is 4. The molecule has 0 bridgehead atoms. The molecule has 1 aromatic carbocycles. The van der Waals surface area contributed by atoms with Crippen LogP contribution in [-0.4, -0.2) is 35.4 Å². The minimum absolute atomic E-state index is 0.111. The Hall–Kier alpha value is -2.34. The third-order valence-electron chi connectivity index (χ3n) is 4.49. The molecule has 2 aliphatic rings. The highest BCUT2D eigenvalue weighted by Gasteiger charge is 2.26. The predicted molar refractivity (Wildman–Crippen MR) is 85.5 cm³/mol. The summed E-state index contributed by atoms with van der Waals surface area (Å²) in [4.78, 5) is 12.4. The number of aromatic nitrogens is 2. The number of nitrogens with one attached hydrogen (secondary N) is 2. The molecule has 0 aliphatic carbocycles. The Morgan fingerprint density at radius 1 is 1.35 bits per heavy atom. The van der Waals surface area contributed by atoms with Crippen molar-refractivity contribution >= 4 is 5.91 Å². The van der Waals surface area contributed by atoms with Gasteiger partial charge in [0.15, 0.2) is 0 Å². The third kappa shape index (κ3) is 2.82. The van der Waals surface area contributed by atoms with Crippen LogP contribution < -0.4 is 15.4 Å². The lowest BCUT2D eigenvalue weighted by Gasteiger charge is -2.22. The van der Waals surface area contributed by atoms with Gasteiger partial charge in [0.2, 0.25) is 0 Å². The quantitative estimate of drug-likeness (QED) is 0.905. The zero-order chi connectivity index (χ0) is 15.6. The molecule has 23 heavy (non-hydrogen) atoms. The van der Waals surface area contributed by atoms with Crippen molar-refractivity contribution in [2.45, 2.75) is 24.9 Å². The standard InChI is InChI=1S/C17H20N4O2/c22-17(19-15-11-23-16-6-2-1-5-13(15)16)14-7-9-21(20-14)12-4-3-8-18-10-12/h1-2,5-7,9,12,15,18H,3-4,8,10-11H2,(H,19,22)/t12-,15+/m1/s1. The fraction of sp³-hybridized carbons (Fsp3) is 0.412. The van der Waals surface area contributed by atoms with Gasteiger partial charge in [0.05, 0.1) is 12.1 Å². The summed E-state index contributed by atoms with van der Waals surface area (Å²) < 4.78 is 7.50. The van der Waals surface area contributed by atoms with E-state index in [1.165, 1.54) is 0 Å². The van der Waals surface area contributed by atoms with Gasteiger partial charge in [-0.3, -0.25) is 9.48 Å². The van der Waals surface area contributed by atoms with E-state index in [1.807, 2.05) is 35.1 Å². The second-order valence-corrected chi connectivity index (χ2v) is 6.06. The molecule has 1 fully saturated rings. The van der Waals surface area contributed by atoms with E-state index in [2.05, 4.69) is 15.7 Å². The molecule has 1 saturated heterocycles. The van der Waals surface area contributed by atoms with Crippen LogP contribution >= 0.6 is 0 Å². The third-order valence-corrected chi connectivity index (χ3v) is 4.49. The summed E-state index contributed by atoms with van der Waals surface area (Å²) in [6.07, 6.45) is 4.13. The van der Waals surface area contributed by atoms with Gasteiger partial charge in [0.1, 0.15) is 18.1 Å². The highest BCUT2D eigenvalue weighted by molar-refractivity contribution is 5.92. The number of benzene rings is 1. The van der Waals surface area contributed by atoms with Crippen LogP contribution in [0.4, 0.5) is 0 Å². The molecular formula is C17H20N4O2. The number of ether oxygens (including phenoxy) is 1. The molecule has 120 valence electrons. The molecule has 0 saturated carbocycles. The SMILES string of the molecule is O=C(N[C@H]1COc2ccccc21)c1ccn([C@@H]2CCCNC2)n1. The van der Waals surface area contributed by atoms with Gasteiger partial charge in [0.25, 0.3) is 5.91 Å². The average molecular weight is 312 g/mol. The summed E-state index contributed by atoms with van der Waals surface area (Å²) in [5.41, 5.74) is 1.48. The molecule has 2 N–H and O–H groups in total. The molecule has 2 aromatic rings. The van der Waals surface area contributed by atoms with E-state index < -0.39 is 0 Å².